The summed E-state index contributed by atoms with van der Waals surface area (Å²) in [6, 6.07) is 4.06. The van der Waals surface area contributed by atoms with Crippen LogP contribution in [0.25, 0.3) is 22.4 Å². The molecule has 1 aromatic carbocycles. The van der Waals surface area contributed by atoms with Gasteiger partial charge in [-0.2, -0.15) is 13.2 Å². The number of hydrogen-bond acceptors (Lipinski definition) is 7. The van der Waals surface area contributed by atoms with Gasteiger partial charge >= 0.3 is 6.18 Å². The quantitative estimate of drug-likeness (QED) is 0.545. The fourth-order valence-electron chi connectivity index (χ4n) is 3.51. The highest BCUT2D eigenvalue weighted by molar-refractivity contribution is 5.98. The zero-order valence-corrected chi connectivity index (χ0v) is 17.2. The minimum absolute atomic E-state index is 0.00539. The van der Waals surface area contributed by atoms with E-state index in [1.165, 1.54) is 19.2 Å². The number of halogens is 3. The van der Waals surface area contributed by atoms with Gasteiger partial charge in [-0.15, -0.1) is 0 Å². The summed E-state index contributed by atoms with van der Waals surface area (Å²) in [5, 5.41) is 12.7. The number of oxazole rings is 1. The van der Waals surface area contributed by atoms with E-state index in [1.807, 2.05) is 0 Å². The molecule has 1 fully saturated rings. The number of benzene rings is 1. The summed E-state index contributed by atoms with van der Waals surface area (Å²) in [7, 11) is 1.33. The second kappa shape index (κ2) is 8.06. The lowest BCUT2D eigenvalue weighted by molar-refractivity contribution is -0.140. The lowest BCUT2D eigenvalue weighted by Crippen LogP contribution is -2.50. The largest absolute Gasteiger partial charge is 0.494 e. The van der Waals surface area contributed by atoms with Gasteiger partial charge in [-0.3, -0.25) is 4.79 Å². The minimum atomic E-state index is -4.63. The molecular formula is C21H21F3N4O4. The van der Waals surface area contributed by atoms with Gasteiger partial charge in [0.1, 0.15) is 17.0 Å². The Bertz CT molecular complexity index is 1180. The van der Waals surface area contributed by atoms with E-state index < -0.39 is 29.9 Å². The number of aliphatic hydroxyl groups excluding tert-OH is 1. The number of aromatic nitrogens is 2. The van der Waals surface area contributed by atoms with E-state index in [0.29, 0.717) is 23.8 Å². The molecule has 3 atom stereocenters. The third-order valence-electron chi connectivity index (χ3n) is 5.40. The zero-order chi connectivity index (χ0) is 23.2. The van der Waals surface area contributed by atoms with Crippen LogP contribution in [0.1, 0.15) is 47.7 Å². The maximum Gasteiger partial charge on any atom is 0.433 e. The highest BCUT2D eigenvalue weighted by atomic mass is 19.4. The van der Waals surface area contributed by atoms with E-state index in [-0.39, 0.29) is 34.7 Å². The molecule has 2 aromatic heterocycles. The van der Waals surface area contributed by atoms with Crippen LogP contribution in [0.4, 0.5) is 13.2 Å². The number of ether oxygens (including phenoxy) is 1. The van der Waals surface area contributed by atoms with Gasteiger partial charge in [0.2, 0.25) is 5.89 Å². The molecule has 1 aliphatic rings. The monoisotopic (exact) mass is 450 g/mol. The number of carbonyl (C=O) groups excluding carboxylic acids is 1. The smallest absolute Gasteiger partial charge is 0.433 e. The Morgan fingerprint density at radius 1 is 1.28 bits per heavy atom. The molecule has 0 spiro atoms. The zero-order valence-electron chi connectivity index (χ0n) is 17.2. The SMILES string of the molecule is COc1ccc(-c2nc(C(=O)N[C@H]3CC[C@H]3O)c([C@H](C)N)o2)c2ccc(C(F)(F)F)nc12. The summed E-state index contributed by atoms with van der Waals surface area (Å²) in [6.07, 6.45) is -4.01. The van der Waals surface area contributed by atoms with Crippen molar-refractivity contribution in [3.8, 4) is 17.2 Å². The molecule has 0 aliphatic heterocycles. The first-order valence-electron chi connectivity index (χ1n) is 9.90. The number of fused-ring (bicyclic) bond motifs is 1. The van der Waals surface area contributed by atoms with Gasteiger partial charge in [0.25, 0.3) is 5.91 Å². The number of pyridine rings is 1. The maximum atomic E-state index is 13.2. The third kappa shape index (κ3) is 3.89. The van der Waals surface area contributed by atoms with Crippen LogP contribution < -0.4 is 15.8 Å². The Morgan fingerprint density at radius 2 is 2.03 bits per heavy atom. The van der Waals surface area contributed by atoms with Crippen LogP contribution in [0.2, 0.25) is 0 Å². The van der Waals surface area contributed by atoms with Crippen molar-refractivity contribution < 1.29 is 32.2 Å². The summed E-state index contributed by atoms with van der Waals surface area (Å²) in [5.41, 5.74) is 5.15. The minimum Gasteiger partial charge on any atom is -0.494 e. The van der Waals surface area contributed by atoms with Gasteiger partial charge in [-0.25, -0.2) is 9.97 Å². The standard InChI is InChI=1S/C21H21F3N4O4/c1-9(25)18-17(19(30)26-12-5-6-13(12)29)28-20(32-18)11-3-7-14(31-2)16-10(11)4-8-15(27-16)21(22,23)24/h3-4,7-9,12-13,29H,5-6,25H2,1-2H3,(H,26,30)/t9-,12-,13+/m0/s1. The first-order valence-corrected chi connectivity index (χ1v) is 9.90. The molecule has 0 unspecified atom stereocenters. The Balaban J connectivity index is 1.81. The van der Waals surface area contributed by atoms with E-state index in [2.05, 4.69) is 15.3 Å². The number of nitrogens with one attached hydrogen (secondary N) is 1. The first-order chi connectivity index (χ1) is 15.1. The Hall–Kier alpha value is -3.18. The van der Waals surface area contributed by atoms with Crippen molar-refractivity contribution in [2.45, 2.75) is 44.1 Å². The molecule has 8 nitrogen and oxygen atoms in total. The summed E-state index contributed by atoms with van der Waals surface area (Å²) in [5.74, 6) is -0.280. The van der Waals surface area contributed by atoms with Crippen LogP contribution >= 0.6 is 0 Å². The second-order valence-corrected chi connectivity index (χ2v) is 7.65. The predicted molar refractivity (Wildman–Crippen MR) is 108 cm³/mol. The van der Waals surface area contributed by atoms with Crippen molar-refractivity contribution >= 4 is 16.8 Å². The predicted octanol–water partition coefficient (Wildman–Crippen LogP) is 3.19. The molecule has 2 heterocycles. The van der Waals surface area contributed by atoms with Crippen LogP contribution in [-0.2, 0) is 6.18 Å². The topological polar surface area (TPSA) is 124 Å². The molecule has 4 N–H and O–H groups in total. The fourth-order valence-corrected chi connectivity index (χ4v) is 3.51. The summed E-state index contributed by atoms with van der Waals surface area (Å²) in [4.78, 5) is 20.7. The van der Waals surface area contributed by atoms with Crippen molar-refractivity contribution in [1.29, 1.82) is 0 Å². The number of carbonyl (C=O) groups is 1. The van der Waals surface area contributed by atoms with Crippen LogP contribution in [0.5, 0.6) is 5.75 Å². The van der Waals surface area contributed by atoms with Gasteiger partial charge in [0.05, 0.1) is 25.3 Å². The van der Waals surface area contributed by atoms with Crippen molar-refractivity contribution in [1.82, 2.24) is 15.3 Å². The molecule has 11 heteroatoms. The van der Waals surface area contributed by atoms with Crippen molar-refractivity contribution in [3.05, 3.63) is 41.4 Å². The molecule has 0 bridgehead atoms. The van der Waals surface area contributed by atoms with E-state index in [1.54, 1.807) is 13.0 Å². The molecule has 4 rings (SSSR count). The number of hydrogen-bond donors (Lipinski definition) is 3. The lowest BCUT2D eigenvalue weighted by atomic mass is 9.89. The lowest BCUT2D eigenvalue weighted by Gasteiger charge is -2.32. The second-order valence-electron chi connectivity index (χ2n) is 7.65. The van der Waals surface area contributed by atoms with Gasteiger partial charge in [-0.05, 0) is 44.0 Å². The molecule has 1 saturated carbocycles. The molecular weight excluding hydrogens is 429 g/mol. The highest BCUT2D eigenvalue weighted by Crippen LogP contribution is 2.37. The third-order valence-corrected chi connectivity index (χ3v) is 5.40. The molecule has 1 amide bonds. The van der Waals surface area contributed by atoms with Gasteiger partial charge in [-0.1, -0.05) is 0 Å². The molecule has 32 heavy (non-hydrogen) atoms. The Kier molecular flexibility index (Phi) is 5.55. The number of nitrogens with two attached hydrogens (primary N) is 1. The van der Waals surface area contributed by atoms with Crippen LogP contribution in [0.15, 0.2) is 28.7 Å². The Morgan fingerprint density at radius 3 is 2.59 bits per heavy atom. The normalized spacial score (nSPS) is 19.5. The Labute approximate surface area is 180 Å². The number of alkyl halides is 3. The molecule has 3 aromatic rings. The molecule has 170 valence electrons. The van der Waals surface area contributed by atoms with Crippen molar-refractivity contribution in [3.63, 3.8) is 0 Å². The molecule has 0 radical (unpaired) electrons. The van der Waals surface area contributed by atoms with Gasteiger partial charge in [0.15, 0.2) is 11.5 Å². The summed E-state index contributed by atoms with van der Waals surface area (Å²) < 4.78 is 50.4. The molecule has 0 saturated heterocycles. The number of amides is 1. The summed E-state index contributed by atoms with van der Waals surface area (Å²) >= 11 is 0. The van der Waals surface area contributed by atoms with Crippen molar-refractivity contribution in [2.75, 3.05) is 7.11 Å². The number of nitrogens with zero attached hydrogens (tertiary/aromatic N) is 2. The van der Waals surface area contributed by atoms with Crippen LogP contribution in [-0.4, -0.2) is 40.2 Å². The van der Waals surface area contributed by atoms with Crippen molar-refractivity contribution in [2.24, 2.45) is 5.73 Å². The first kappa shape index (κ1) is 22.0. The van der Waals surface area contributed by atoms with Gasteiger partial charge < -0.3 is 25.3 Å². The molecule has 1 aliphatic carbocycles. The van der Waals surface area contributed by atoms with E-state index in [9.17, 15) is 23.1 Å². The van der Waals surface area contributed by atoms with E-state index >= 15 is 0 Å². The average Bonchev–Trinajstić information content (AvgIpc) is 3.20. The summed E-state index contributed by atoms with van der Waals surface area (Å²) in [6.45, 7) is 1.61. The van der Waals surface area contributed by atoms with E-state index in [4.69, 9.17) is 14.9 Å². The highest BCUT2D eigenvalue weighted by Gasteiger charge is 2.34. The average molecular weight is 450 g/mol. The number of aliphatic hydroxyl groups is 1. The van der Waals surface area contributed by atoms with Crippen LogP contribution in [0, 0.1) is 0 Å². The maximum absolute atomic E-state index is 13.2. The van der Waals surface area contributed by atoms with Crippen LogP contribution in [0.3, 0.4) is 0 Å². The number of rotatable bonds is 5. The fraction of sp³-hybridized carbons (Fsp3) is 0.381. The van der Waals surface area contributed by atoms with Gasteiger partial charge in [0, 0.05) is 10.9 Å². The van der Waals surface area contributed by atoms with E-state index in [0.717, 1.165) is 6.07 Å². The number of methoxy groups -OCH3 is 1.